The highest BCUT2D eigenvalue weighted by molar-refractivity contribution is 5.93. The van der Waals surface area contributed by atoms with Crippen molar-refractivity contribution in [1.29, 1.82) is 0 Å². The molecule has 120 valence electrons. The Bertz CT molecular complexity index is 708. The second-order valence-electron chi connectivity index (χ2n) is 5.65. The highest BCUT2D eigenvalue weighted by Crippen LogP contribution is 2.30. The summed E-state index contributed by atoms with van der Waals surface area (Å²) in [4.78, 5) is 16.4. The zero-order valence-corrected chi connectivity index (χ0v) is 12.5. The molecule has 0 radical (unpaired) electrons. The Morgan fingerprint density at radius 2 is 2.09 bits per heavy atom. The molecule has 1 aliphatic rings. The fourth-order valence-corrected chi connectivity index (χ4v) is 2.69. The van der Waals surface area contributed by atoms with Gasteiger partial charge in [-0.05, 0) is 43.5 Å². The summed E-state index contributed by atoms with van der Waals surface area (Å²) >= 11 is 0. The maximum absolute atomic E-state index is 13.7. The van der Waals surface area contributed by atoms with Gasteiger partial charge in [0.25, 0.3) is 0 Å². The monoisotopic (exact) mass is 315 g/mol. The van der Waals surface area contributed by atoms with Gasteiger partial charge in [0.2, 0.25) is 11.8 Å². The van der Waals surface area contributed by atoms with Crippen LogP contribution < -0.4 is 15.8 Å². The molecule has 2 atom stereocenters. The number of carbonyl (C=O) groups excluding carboxylic acids is 1. The molecule has 1 aliphatic carbocycles. The van der Waals surface area contributed by atoms with E-state index < -0.39 is 5.82 Å². The first-order valence-corrected chi connectivity index (χ1v) is 7.57. The minimum atomic E-state index is -0.489. The number of amides is 1. The van der Waals surface area contributed by atoms with Crippen LogP contribution in [0.4, 0.5) is 10.1 Å². The molecule has 2 aromatic rings. The van der Waals surface area contributed by atoms with Crippen molar-refractivity contribution in [3.63, 3.8) is 0 Å². The van der Waals surface area contributed by atoms with Gasteiger partial charge in [-0.15, -0.1) is 0 Å². The van der Waals surface area contributed by atoms with E-state index >= 15 is 0 Å². The Kier molecular flexibility index (Phi) is 4.52. The molecule has 0 aliphatic heterocycles. The average Bonchev–Trinajstić information content (AvgIpc) is 2.98. The number of pyridine rings is 1. The number of hydrogen-bond donors (Lipinski definition) is 2. The van der Waals surface area contributed by atoms with E-state index in [1.54, 1.807) is 24.3 Å². The predicted octanol–water partition coefficient (Wildman–Crippen LogP) is 3.08. The number of hydrogen-bond acceptors (Lipinski definition) is 4. The maximum Gasteiger partial charge on any atom is 0.243 e. The van der Waals surface area contributed by atoms with E-state index in [9.17, 15) is 9.18 Å². The predicted molar refractivity (Wildman–Crippen MR) is 84.7 cm³/mol. The topological polar surface area (TPSA) is 77.2 Å². The van der Waals surface area contributed by atoms with E-state index in [1.807, 2.05) is 0 Å². The van der Waals surface area contributed by atoms with Crippen molar-refractivity contribution in [3.05, 3.63) is 48.4 Å². The number of nitrogens with two attached hydrogens (primary N) is 1. The number of halogens is 1. The van der Waals surface area contributed by atoms with E-state index in [2.05, 4.69) is 10.3 Å². The van der Waals surface area contributed by atoms with Crippen molar-refractivity contribution in [2.24, 2.45) is 11.7 Å². The number of para-hydroxylation sites is 1. The Balaban J connectivity index is 1.76. The first-order valence-electron chi connectivity index (χ1n) is 7.57. The normalized spacial score (nSPS) is 20.3. The quantitative estimate of drug-likeness (QED) is 0.909. The van der Waals surface area contributed by atoms with Gasteiger partial charge in [-0.3, -0.25) is 4.79 Å². The Labute approximate surface area is 133 Å². The summed E-state index contributed by atoms with van der Waals surface area (Å²) in [5.74, 6) is -0.481. The van der Waals surface area contributed by atoms with Crippen LogP contribution in [0.5, 0.6) is 11.6 Å². The Hall–Kier alpha value is -2.47. The number of carbonyl (C=O) groups is 1. The summed E-state index contributed by atoms with van der Waals surface area (Å²) in [7, 11) is 0. The minimum absolute atomic E-state index is 0.0598. The molecule has 3 N–H and O–H groups in total. The lowest BCUT2D eigenvalue weighted by Crippen LogP contribution is -2.23. The van der Waals surface area contributed by atoms with Crippen molar-refractivity contribution in [2.45, 2.75) is 25.3 Å². The van der Waals surface area contributed by atoms with Crippen molar-refractivity contribution >= 4 is 11.6 Å². The smallest absolute Gasteiger partial charge is 0.243 e. The van der Waals surface area contributed by atoms with Gasteiger partial charge < -0.3 is 15.8 Å². The van der Waals surface area contributed by atoms with Crippen LogP contribution in [-0.4, -0.2) is 16.9 Å². The summed E-state index contributed by atoms with van der Waals surface area (Å²) in [6.45, 7) is 0. The van der Waals surface area contributed by atoms with Gasteiger partial charge in [0.15, 0.2) is 11.6 Å². The maximum atomic E-state index is 13.7. The summed E-state index contributed by atoms with van der Waals surface area (Å²) in [6.07, 6.45) is 3.83. The van der Waals surface area contributed by atoms with Crippen molar-refractivity contribution in [2.75, 3.05) is 5.32 Å². The van der Waals surface area contributed by atoms with Crippen LogP contribution >= 0.6 is 0 Å². The number of benzene rings is 1. The second-order valence-corrected chi connectivity index (χ2v) is 5.65. The number of aromatic nitrogens is 1. The molecular formula is C17H18FN3O2. The Morgan fingerprint density at radius 3 is 2.83 bits per heavy atom. The molecule has 1 saturated carbocycles. The summed E-state index contributed by atoms with van der Waals surface area (Å²) < 4.78 is 19.2. The zero-order valence-electron chi connectivity index (χ0n) is 12.5. The fraction of sp³-hybridized carbons (Fsp3) is 0.294. The highest BCUT2D eigenvalue weighted by atomic mass is 19.1. The van der Waals surface area contributed by atoms with Gasteiger partial charge >= 0.3 is 0 Å². The first-order chi connectivity index (χ1) is 11.1. The lowest BCUT2D eigenvalue weighted by atomic mass is 10.1. The third-order valence-corrected chi connectivity index (χ3v) is 3.92. The van der Waals surface area contributed by atoms with Gasteiger partial charge in [-0.25, -0.2) is 9.37 Å². The number of rotatable bonds is 4. The van der Waals surface area contributed by atoms with Crippen molar-refractivity contribution < 1.29 is 13.9 Å². The Morgan fingerprint density at radius 1 is 1.26 bits per heavy atom. The van der Waals surface area contributed by atoms with E-state index in [-0.39, 0.29) is 29.5 Å². The molecule has 3 rings (SSSR count). The average molecular weight is 315 g/mol. The van der Waals surface area contributed by atoms with Gasteiger partial charge in [0, 0.05) is 18.2 Å². The largest absolute Gasteiger partial charge is 0.434 e. The van der Waals surface area contributed by atoms with Crippen LogP contribution in [0.1, 0.15) is 19.3 Å². The molecular weight excluding hydrogens is 297 g/mol. The van der Waals surface area contributed by atoms with E-state index in [1.165, 1.54) is 18.3 Å². The molecule has 1 amide bonds. The van der Waals surface area contributed by atoms with E-state index in [4.69, 9.17) is 10.5 Å². The molecule has 1 aromatic carbocycles. The molecule has 1 fully saturated rings. The second kappa shape index (κ2) is 6.75. The molecule has 0 spiro atoms. The van der Waals surface area contributed by atoms with Gasteiger partial charge in [0.1, 0.15) is 5.69 Å². The highest BCUT2D eigenvalue weighted by Gasteiger charge is 2.28. The summed E-state index contributed by atoms with van der Waals surface area (Å²) in [6, 6.07) is 9.49. The van der Waals surface area contributed by atoms with Crippen LogP contribution in [0, 0.1) is 11.7 Å². The first kappa shape index (κ1) is 15.4. The molecule has 1 heterocycles. The van der Waals surface area contributed by atoms with E-state index in [0.717, 1.165) is 12.8 Å². The van der Waals surface area contributed by atoms with Crippen LogP contribution in [0.3, 0.4) is 0 Å². The molecule has 0 unspecified atom stereocenters. The van der Waals surface area contributed by atoms with Gasteiger partial charge in [-0.1, -0.05) is 12.1 Å². The molecule has 1 aromatic heterocycles. The molecule has 5 nitrogen and oxygen atoms in total. The van der Waals surface area contributed by atoms with Gasteiger partial charge in [-0.2, -0.15) is 0 Å². The van der Waals surface area contributed by atoms with Crippen molar-refractivity contribution in [3.8, 4) is 11.6 Å². The standard InChI is InChI=1S/C17H18FN3O2/c18-13-4-1-2-6-15(13)23-17-14(5-3-9-20-17)21-16(22)11-7-8-12(19)10-11/h1-6,9,11-12H,7-8,10,19H2,(H,21,22)/t11-,12+/m0/s1. The lowest BCUT2D eigenvalue weighted by molar-refractivity contribution is -0.119. The van der Waals surface area contributed by atoms with Gasteiger partial charge in [0.05, 0.1) is 0 Å². The SMILES string of the molecule is N[C@@H]1CC[C@H](C(=O)Nc2cccnc2Oc2ccccc2F)C1. The molecule has 6 heteroatoms. The number of anilines is 1. The number of ether oxygens (including phenoxy) is 1. The third kappa shape index (κ3) is 3.65. The fourth-order valence-electron chi connectivity index (χ4n) is 2.69. The zero-order chi connectivity index (χ0) is 16.2. The number of nitrogens with zero attached hydrogens (tertiary/aromatic N) is 1. The van der Waals surface area contributed by atoms with Crippen LogP contribution in [0.2, 0.25) is 0 Å². The van der Waals surface area contributed by atoms with Crippen LogP contribution in [0.15, 0.2) is 42.6 Å². The lowest BCUT2D eigenvalue weighted by Gasteiger charge is -2.14. The minimum Gasteiger partial charge on any atom is -0.434 e. The van der Waals surface area contributed by atoms with Crippen LogP contribution in [-0.2, 0) is 4.79 Å². The number of nitrogens with one attached hydrogen (secondary N) is 1. The van der Waals surface area contributed by atoms with Crippen molar-refractivity contribution in [1.82, 2.24) is 4.98 Å². The van der Waals surface area contributed by atoms with E-state index in [0.29, 0.717) is 12.1 Å². The molecule has 0 saturated heterocycles. The summed E-state index contributed by atoms with van der Waals surface area (Å²) in [5.41, 5.74) is 6.26. The van der Waals surface area contributed by atoms with Crippen LogP contribution in [0.25, 0.3) is 0 Å². The summed E-state index contributed by atoms with van der Waals surface area (Å²) in [5, 5.41) is 2.81. The molecule has 0 bridgehead atoms. The molecule has 23 heavy (non-hydrogen) atoms. The third-order valence-electron chi connectivity index (χ3n) is 3.92.